The van der Waals surface area contributed by atoms with E-state index in [1.165, 1.54) is 0 Å². The number of benzene rings is 3. The molecule has 6 heteroatoms. The van der Waals surface area contributed by atoms with Crippen molar-refractivity contribution in [1.82, 2.24) is 5.32 Å². The average Bonchev–Trinajstić information content (AvgIpc) is 3.19. The molecule has 3 aromatic carbocycles. The number of methoxy groups -OCH3 is 1. The third-order valence-corrected chi connectivity index (χ3v) is 5.93. The van der Waals surface area contributed by atoms with Crippen molar-refractivity contribution in [1.29, 1.82) is 0 Å². The Kier molecular flexibility index (Phi) is 5.34. The van der Waals surface area contributed by atoms with Crippen molar-refractivity contribution in [3.63, 3.8) is 0 Å². The van der Waals surface area contributed by atoms with Gasteiger partial charge < -0.3 is 19.2 Å². The topological polar surface area (TPSA) is 77.8 Å². The summed E-state index contributed by atoms with van der Waals surface area (Å²) >= 11 is 0. The van der Waals surface area contributed by atoms with Gasteiger partial charge in [0.25, 0.3) is 5.91 Å². The van der Waals surface area contributed by atoms with Crippen LogP contribution in [0.3, 0.4) is 0 Å². The molecule has 166 valence electrons. The van der Waals surface area contributed by atoms with E-state index in [1.807, 2.05) is 55.5 Å². The van der Waals surface area contributed by atoms with E-state index in [4.69, 9.17) is 13.9 Å². The number of hydrogen-bond donors (Lipinski definition) is 1. The summed E-state index contributed by atoms with van der Waals surface area (Å²) in [6, 6.07) is 20.1. The molecule has 33 heavy (non-hydrogen) atoms. The number of hydrogen-bond acceptors (Lipinski definition) is 5. The van der Waals surface area contributed by atoms with Crippen LogP contribution in [0.5, 0.6) is 11.5 Å². The molecule has 0 bridgehead atoms. The SMILES string of the molecule is CCc1ccc2oc3c(c(=O)c2c1)C(c1ccc(OCc2ccccc2)c(OC)c1)NC3=O. The zero-order valence-electron chi connectivity index (χ0n) is 18.4. The molecule has 0 aliphatic carbocycles. The molecule has 4 aromatic rings. The molecular formula is C27H23NO5. The minimum Gasteiger partial charge on any atom is -0.493 e. The van der Waals surface area contributed by atoms with E-state index in [-0.39, 0.29) is 11.2 Å². The van der Waals surface area contributed by atoms with Gasteiger partial charge in [0.15, 0.2) is 16.9 Å². The first-order chi connectivity index (χ1) is 16.1. The largest absolute Gasteiger partial charge is 0.493 e. The Hall–Kier alpha value is -4.06. The Balaban J connectivity index is 1.52. The van der Waals surface area contributed by atoms with E-state index in [9.17, 15) is 9.59 Å². The molecule has 1 N–H and O–H groups in total. The molecule has 5 rings (SSSR count). The van der Waals surface area contributed by atoms with Crippen LogP contribution in [0.25, 0.3) is 11.0 Å². The lowest BCUT2D eigenvalue weighted by Gasteiger charge is -2.16. The molecule has 2 heterocycles. The summed E-state index contributed by atoms with van der Waals surface area (Å²) in [5.41, 5.74) is 3.31. The predicted octanol–water partition coefficient (Wildman–Crippen LogP) is 4.78. The van der Waals surface area contributed by atoms with Crippen molar-refractivity contribution >= 4 is 16.9 Å². The Labute approximate surface area is 190 Å². The molecule has 1 aromatic heterocycles. The smallest absolute Gasteiger partial charge is 0.288 e. The number of aryl methyl sites for hydroxylation is 1. The highest BCUT2D eigenvalue weighted by Crippen LogP contribution is 2.36. The molecule has 1 unspecified atom stereocenters. The second kappa shape index (κ2) is 8.47. The lowest BCUT2D eigenvalue weighted by atomic mass is 9.98. The van der Waals surface area contributed by atoms with Gasteiger partial charge in [-0.25, -0.2) is 0 Å². The normalized spacial score (nSPS) is 14.7. The van der Waals surface area contributed by atoms with Crippen molar-refractivity contribution in [2.45, 2.75) is 26.0 Å². The van der Waals surface area contributed by atoms with Crippen LogP contribution in [0, 0.1) is 0 Å². The summed E-state index contributed by atoms with van der Waals surface area (Å²) in [6.07, 6.45) is 0.800. The van der Waals surface area contributed by atoms with Gasteiger partial charge in [0.1, 0.15) is 12.2 Å². The summed E-state index contributed by atoms with van der Waals surface area (Å²) in [4.78, 5) is 26.0. The number of amides is 1. The minimum absolute atomic E-state index is 0.0603. The van der Waals surface area contributed by atoms with Crippen molar-refractivity contribution < 1.29 is 18.7 Å². The molecule has 0 spiro atoms. The molecule has 1 aliphatic rings. The van der Waals surface area contributed by atoms with E-state index >= 15 is 0 Å². The zero-order chi connectivity index (χ0) is 22.9. The fourth-order valence-corrected chi connectivity index (χ4v) is 4.14. The highest BCUT2D eigenvalue weighted by Gasteiger charge is 2.36. The average molecular weight is 441 g/mol. The summed E-state index contributed by atoms with van der Waals surface area (Å²) in [6.45, 7) is 2.42. The lowest BCUT2D eigenvalue weighted by Crippen LogP contribution is -2.22. The standard InChI is InChI=1S/C27H23NO5/c1-3-16-9-11-20-19(13-16)25(29)23-24(28-27(30)26(23)33-20)18-10-12-21(22(14-18)31-2)32-15-17-7-5-4-6-8-17/h4-14,24H,3,15H2,1-2H3,(H,28,30). The van der Waals surface area contributed by atoms with Gasteiger partial charge in [-0.2, -0.15) is 0 Å². The van der Waals surface area contributed by atoms with E-state index in [2.05, 4.69) is 5.32 Å². The number of ether oxygens (including phenoxy) is 2. The van der Waals surface area contributed by atoms with E-state index in [0.717, 1.165) is 17.5 Å². The van der Waals surface area contributed by atoms with Crippen molar-refractivity contribution in [2.24, 2.45) is 0 Å². The Morgan fingerprint density at radius 2 is 1.76 bits per heavy atom. The molecule has 6 nitrogen and oxygen atoms in total. The second-order valence-electron chi connectivity index (χ2n) is 7.95. The van der Waals surface area contributed by atoms with Crippen LogP contribution >= 0.6 is 0 Å². The predicted molar refractivity (Wildman–Crippen MR) is 125 cm³/mol. The third kappa shape index (κ3) is 3.74. The highest BCUT2D eigenvalue weighted by molar-refractivity contribution is 5.99. The van der Waals surface area contributed by atoms with Gasteiger partial charge in [-0.15, -0.1) is 0 Å². The molecular weight excluding hydrogens is 418 g/mol. The second-order valence-corrected chi connectivity index (χ2v) is 7.95. The number of fused-ring (bicyclic) bond motifs is 2. The molecule has 0 radical (unpaired) electrons. The van der Waals surface area contributed by atoms with Gasteiger partial charge in [0, 0.05) is 0 Å². The maximum absolute atomic E-state index is 13.4. The van der Waals surface area contributed by atoms with Gasteiger partial charge in [-0.05, 0) is 47.4 Å². The zero-order valence-corrected chi connectivity index (χ0v) is 18.4. The van der Waals surface area contributed by atoms with Crippen LogP contribution in [0.2, 0.25) is 0 Å². The van der Waals surface area contributed by atoms with Crippen LogP contribution < -0.4 is 20.2 Å². The van der Waals surface area contributed by atoms with Crippen LogP contribution in [-0.4, -0.2) is 13.0 Å². The monoisotopic (exact) mass is 441 g/mol. The van der Waals surface area contributed by atoms with Crippen LogP contribution in [-0.2, 0) is 13.0 Å². The van der Waals surface area contributed by atoms with Crippen molar-refractivity contribution in [3.05, 3.63) is 105 Å². The fourth-order valence-electron chi connectivity index (χ4n) is 4.14. The van der Waals surface area contributed by atoms with Crippen molar-refractivity contribution in [3.8, 4) is 11.5 Å². The Morgan fingerprint density at radius 1 is 0.939 bits per heavy atom. The number of rotatable bonds is 6. The van der Waals surface area contributed by atoms with Gasteiger partial charge >= 0.3 is 0 Å². The number of nitrogens with one attached hydrogen (secondary N) is 1. The molecule has 0 fully saturated rings. The Bertz CT molecular complexity index is 1410. The van der Waals surface area contributed by atoms with Crippen molar-refractivity contribution in [2.75, 3.05) is 7.11 Å². The van der Waals surface area contributed by atoms with Crippen LogP contribution in [0.15, 0.2) is 75.9 Å². The summed E-state index contributed by atoms with van der Waals surface area (Å²) < 4.78 is 17.3. The maximum Gasteiger partial charge on any atom is 0.288 e. The summed E-state index contributed by atoms with van der Waals surface area (Å²) in [5, 5.41) is 3.36. The fraction of sp³-hybridized carbons (Fsp3) is 0.185. The molecule has 1 aliphatic heterocycles. The first-order valence-corrected chi connectivity index (χ1v) is 10.8. The first-order valence-electron chi connectivity index (χ1n) is 10.8. The minimum atomic E-state index is -0.629. The Morgan fingerprint density at radius 3 is 2.52 bits per heavy atom. The van der Waals surface area contributed by atoms with Gasteiger partial charge in [-0.3, -0.25) is 9.59 Å². The molecule has 0 saturated heterocycles. The van der Waals surface area contributed by atoms with Crippen LogP contribution in [0.4, 0.5) is 0 Å². The van der Waals surface area contributed by atoms with Crippen LogP contribution in [0.1, 0.15) is 45.8 Å². The maximum atomic E-state index is 13.4. The lowest BCUT2D eigenvalue weighted by molar-refractivity contribution is 0.0938. The number of carbonyl (C=O) groups excluding carboxylic acids is 1. The van der Waals surface area contributed by atoms with Gasteiger partial charge in [-0.1, -0.05) is 49.4 Å². The van der Waals surface area contributed by atoms with E-state index in [0.29, 0.717) is 40.2 Å². The van der Waals surface area contributed by atoms with E-state index < -0.39 is 11.9 Å². The molecule has 0 saturated carbocycles. The molecule has 1 amide bonds. The van der Waals surface area contributed by atoms with E-state index in [1.54, 1.807) is 25.3 Å². The van der Waals surface area contributed by atoms with Gasteiger partial charge in [0.2, 0.25) is 5.76 Å². The first kappa shape index (κ1) is 20.8. The quantitative estimate of drug-likeness (QED) is 0.466. The number of carbonyl (C=O) groups is 1. The third-order valence-electron chi connectivity index (χ3n) is 5.93. The van der Waals surface area contributed by atoms with Gasteiger partial charge in [0.05, 0.1) is 24.1 Å². The molecule has 1 atom stereocenters. The highest BCUT2D eigenvalue weighted by atomic mass is 16.5. The summed E-state index contributed by atoms with van der Waals surface area (Å²) in [7, 11) is 1.56. The summed E-state index contributed by atoms with van der Waals surface area (Å²) in [5.74, 6) is 0.749.